The van der Waals surface area contributed by atoms with E-state index in [1.54, 1.807) is 18.2 Å². The van der Waals surface area contributed by atoms with Crippen molar-refractivity contribution in [2.45, 2.75) is 13.0 Å². The van der Waals surface area contributed by atoms with Crippen LogP contribution in [0, 0.1) is 5.92 Å². The van der Waals surface area contributed by atoms with Gasteiger partial charge in [-0.15, -0.1) is 0 Å². The number of ether oxygens (including phenoxy) is 1. The summed E-state index contributed by atoms with van der Waals surface area (Å²) in [6, 6.07) is 8.02. The highest BCUT2D eigenvalue weighted by molar-refractivity contribution is 7.86. The number of Topliss-reactive ketones (excluding diaryl/α,β-unsaturated/α-hetero) is 1. The van der Waals surface area contributed by atoms with Crippen LogP contribution in [0.15, 0.2) is 30.3 Å². The summed E-state index contributed by atoms with van der Waals surface area (Å²) in [5.41, 5.74) is 0.261. The van der Waals surface area contributed by atoms with Crippen LogP contribution in [0.2, 0.25) is 0 Å². The summed E-state index contributed by atoms with van der Waals surface area (Å²) in [5.74, 6) is -2.35. The molecule has 1 rings (SSSR count). The number of carbonyl (C=O) groups is 2. The van der Waals surface area contributed by atoms with Crippen molar-refractivity contribution in [1.29, 1.82) is 0 Å². The molecule has 0 fully saturated rings. The monoisotopic (exact) mass is 300 g/mol. The number of carbonyl (C=O) groups excluding carboxylic acids is 2. The largest absolute Gasteiger partial charge is 0.469 e. The third-order valence-electron chi connectivity index (χ3n) is 2.62. The highest BCUT2D eigenvalue weighted by Crippen LogP contribution is 2.17. The maximum atomic E-state index is 12.3. The normalized spacial score (nSPS) is 14.3. The van der Waals surface area contributed by atoms with E-state index in [9.17, 15) is 18.0 Å². The smallest absolute Gasteiger partial charge is 0.311 e. The van der Waals surface area contributed by atoms with Crippen molar-refractivity contribution < 1.29 is 26.9 Å². The van der Waals surface area contributed by atoms with E-state index in [4.69, 9.17) is 4.18 Å². The van der Waals surface area contributed by atoms with Crippen molar-refractivity contribution in [3.8, 4) is 0 Å². The number of hydrogen-bond donors (Lipinski definition) is 0. The molecule has 0 aliphatic carbocycles. The third-order valence-corrected chi connectivity index (χ3v) is 3.18. The molecule has 0 aromatic heterocycles. The van der Waals surface area contributed by atoms with Gasteiger partial charge in [0.15, 0.2) is 11.9 Å². The zero-order valence-electron chi connectivity index (χ0n) is 11.4. The average Bonchev–Trinajstić information content (AvgIpc) is 2.42. The van der Waals surface area contributed by atoms with E-state index in [1.165, 1.54) is 19.1 Å². The predicted octanol–water partition coefficient (Wildman–Crippen LogP) is 1.02. The third kappa shape index (κ3) is 4.43. The van der Waals surface area contributed by atoms with Gasteiger partial charge in [0.05, 0.1) is 19.3 Å². The highest BCUT2D eigenvalue weighted by Gasteiger charge is 2.35. The molecule has 1 aromatic rings. The SMILES string of the molecule is COC(=O)C(C)C(OS(C)(=O)=O)C(=O)c1ccccc1. The van der Waals surface area contributed by atoms with Crippen LogP contribution in [0.1, 0.15) is 17.3 Å². The first-order valence-electron chi connectivity index (χ1n) is 5.81. The molecule has 2 atom stereocenters. The van der Waals surface area contributed by atoms with Gasteiger partial charge in [0.1, 0.15) is 0 Å². The maximum absolute atomic E-state index is 12.3. The number of ketones is 1. The van der Waals surface area contributed by atoms with Gasteiger partial charge in [-0.25, -0.2) is 0 Å². The van der Waals surface area contributed by atoms with Crippen LogP contribution in [-0.4, -0.2) is 39.6 Å². The first-order valence-corrected chi connectivity index (χ1v) is 7.63. The fourth-order valence-electron chi connectivity index (χ4n) is 1.62. The summed E-state index contributed by atoms with van der Waals surface area (Å²) in [5, 5.41) is 0. The van der Waals surface area contributed by atoms with Crippen molar-refractivity contribution in [2.75, 3.05) is 13.4 Å². The molecule has 7 heteroatoms. The molecule has 2 unspecified atom stereocenters. The summed E-state index contributed by atoms with van der Waals surface area (Å²) >= 11 is 0. The Labute approximate surface area is 117 Å². The van der Waals surface area contributed by atoms with Crippen LogP contribution in [0.4, 0.5) is 0 Å². The second-order valence-corrected chi connectivity index (χ2v) is 5.86. The van der Waals surface area contributed by atoms with Gasteiger partial charge in [0.2, 0.25) is 0 Å². The predicted molar refractivity (Wildman–Crippen MR) is 71.7 cm³/mol. The molecule has 0 amide bonds. The summed E-state index contributed by atoms with van der Waals surface area (Å²) in [6.07, 6.45) is -0.623. The molecule has 0 N–H and O–H groups in total. The molecular formula is C13H16O6S. The summed E-state index contributed by atoms with van der Waals surface area (Å²) in [4.78, 5) is 23.8. The Morgan fingerprint density at radius 2 is 1.70 bits per heavy atom. The molecule has 6 nitrogen and oxygen atoms in total. The number of esters is 1. The average molecular weight is 300 g/mol. The molecule has 0 saturated heterocycles. The Bertz CT molecular complexity index is 578. The Kier molecular flexibility index (Phi) is 5.41. The number of methoxy groups -OCH3 is 1. The highest BCUT2D eigenvalue weighted by atomic mass is 32.2. The molecule has 1 aromatic carbocycles. The van der Waals surface area contributed by atoms with E-state index in [0.717, 1.165) is 13.4 Å². The van der Waals surface area contributed by atoms with Gasteiger partial charge in [-0.3, -0.25) is 13.8 Å². The van der Waals surface area contributed by atoms with Crippen LogP contribution in [0.5, 0.6) is 0 Å². The second-order valence-electron chi connectivity index (χ2n) is 4.26. The Morgan fingerprint density at radius 1 is 1.15 bits per heavy atom. The maximum Gasteiger partial charge on any atom is 0.311 e. The van der Waals surface area contributed by atoms with Crippen molar-refractivity contribution in [3.05, 3.63) is 35.9 Å². The van der Waals surface area contributed by atoms with Gasteiger partial charge in [0.25, 0.3) is 10.1 Å². The van der Waals surface area contributed by atoms with Crippen LogP contribution in [0.3, 0.4) is 0 Å². The Morgan fingerprint density at radius 3 is 2.15 bits per heavy atom. The van der Waals surface area contributed by atoms with E-state index in [-0.39, 0.29) is 5.56 Å². The lowest BCUT2D eigenvalue weighted by atomic mass is 9.96. The Balaban J connectivity index is 3.11. The van der Waals surface area contributed by atoms with E-state index >= 15 is 0 Å². The van der Waals surface area contributed by atoms with Gasteiger partial charge >= 0.3 is 5.97 Å². The molecule has 0 bridgehead atoms. The van der Waals surface area contributed by atoms with Crippen LogP contribution in [-0.2, 0) is 23.8 Å². The van der Waals surface area contributed by atoms with Gasteiger partial charge < -0.3 is 4.74 Å². The lowest BCUT2D eigenvalue weighted by molar-refractivity contribution is -0.147. The van der Waals surface area contributed by atoms with Gasteiger partial charge in [-0.2, -0.15) is 8.42 Å². The molecule has 0 spiro atoms. The first kappa shape index (κ1) is 16.3. The van der Waals surface area contributed by atoms with Crippen molar-refractivity contribution in [3.63, 3.8) is 0 Å². The summed E-state index contributed by atoms with van der Waals surface area (Å²) in [7, 11) is -2.74. The van der Waals surface area contributed by atoms with E-state index in [2.05, 4.69) is 4.74 Å². The van der Waals surface area contributed by atoms with E-state index < -0.39 is 33.9 Å². The minimum atomic E-state index is -3.89. The van der Waals surface area contributed by atoms with Crippen LogP contribution >= 0.6 is 0 Å². The number of benzene rings is 1. The standard InChI is InChI=1S/C13H16O6S/c1-9(13(15)18-2)12(19-20(3,16)17)11(14)10-7-5-4-6-8-10/h4-9,12H,1-3H3. The first-order chi connectivity index (χ1) is 9.26. The van der Waals surface area contributed by atoms with Crippen molar-refractivity contribution in [1.82, 2.24) is 0 Å². The van der Waals surface area contributed by atoms with Crippen molar-refractivity contribution in [2.24, 2.45) is 5.92 Å². The molecule has 110 valence electrons. The fraction of sp³-hybridized carbons (Fsp3) is 0.385. The molecular weight excluding hydrogens is 284 g/mol. The zero-order chi connectivity index (χ0) is 15.3. The minimum Gasteiger partial charge on any atom is -0.469 e. The van der Waals surface area contributed by atoms with E-state index in [1.807, 2.05) is 0 Å². The molecule has 20 heavy (non-hydrogen) atoms. The number of rotatable bonds is 6. The molecule has 0 heterocycles. The zero-order valence-corrected chi connectivity index (χ0v) is 12.2. The van der Waals surface area contributed by atoms with Crippen LogP contribution < -0.4 is 0 Å². The van der Waals surface area contributed by atoms with Crippen molar-refractivity contribution >= 4 is 21.9 Å². The topological polar surface area (TPSA) is 86.7 Å². The van der Waals surface area contributed by atoms with Crippen LogP contribution in [0.25, 0.3) is 0 Å². The van der Waals surface area contributed by atoms with Gasteiger partial charge in [0, 0.05) is 5.56 Å². The second kappa shape index (κ2) is 6.62. The van der Waals surface area contributed by atoms with E-state index in [0.29, 0.717) is 0 Å². The molecule has 0 aliphatic heterocycles. The number of hydrogen-bond acceptors (Lipinski definition) is 6. The molecule has 0 radical (unpaired) electrons. The molecule has 0 aliphatic rings. The lowest BCUT2D eigenvalue weighted by Gasteiger charge is -2.20. The Hall–Kier alpha value is -1.73. The molecule has 0 saturated carbocycles. The van der Waals surface area contributed by atoms with Gasteiger partial charge in [-0.1, -0.05) is 30.3 Å². The fourth-order valence-corrected chi connectivity index (χ4v) is 2.25. The van der Waals surface area contributed by atoms with Gasteiger partial charge in [-0.05, 0) is 6.92 Å². The minimum absolute atomic E-state index is 0.261. The lowest BCUT2D eigenvalue weighted by Crippen LogP contribution is -2.37. The summed E-state index contributed by atoms with van der Waals surface area (Å²) in [6.45, 7) is 1.38. The quantitative estimate of drug-likeness (QED) is 0.443. The summed E-state index contributed by atoms with van der Waals surface area (Å²) < 4.78 is 31.8.